The van der Waals surface area contributed by atoms with Crippen LogP contribution in [0.3, 0.4) is 0 Å². The number of hydrogen-bond acceptors (Lipinski definition) is 6. The Morgan fingerprint density at radius 1 is 0.868 bits per heavy atom. The van der Waals surface area contributed by atoms with E-state index in [1.807, 2.05) is 18.2 Å². The number of nitrogens with zero attached hydrogens (tertiary/aromatic N) is 3. The van der Waals surface area contributed by atoms with Crippen LogP contribution in [0.2, 0.25) is 0 Å². The minimum atomic E-state index is -5.54. The molecule has 1 amide bonds. The molecule has 0 spiro atoms. The van der Waals surface area contributed by atoms with Crippen molar-refractivity contribution < 1.29 is 49.8 Å². The Balaban J connectivity index is 1.50. The average molecular weight is 754 g/mol. The lowest BCUT2D eigenvalue weighted by Gasteiger charge is -2.29. The molecule has 4 aromatic rings. The fraction of sp³-hybridized carbons (Fsp3) is 0.289. The molecular formula is C38H32F5N3O6S. The molecule has 1 N–H and O–H groups in total. The molecular weight excluding hydrogens is 721 g/mol. The highest BCUT2D eigenvalue weighted by molar-refractivity contribution is 7.89. The van der Waals surface area contributed by atoms with Crippen LogP contribution >= 0.6 is 0 Å². The van der Waals surface area contributed by atoms with Crippen molar-refractivity contribution in [3.8, 4) is 11.8 Å². The van der Waals surface area contributed by atoms with Gasteiger partial charge in [0, 0.05) is 18.7 Å². The Morgan fingerprint density at radius 2 is 1.51 bits per heavy atom. The van der Waals surface area contributed by atoms with E-state index in [9.17, 15) is 37.2 Å². The second kappa shape index (κ2) is 15.0. The number of carboxylic acids is 1. The fourth-order valence-corrected chi connectivity index (χ4v) is 7.62. The number of carboxylic acid groups (broad SMARTS) is 1. The fourth-order valence-electron chi connectivity index (χ4n) is 6.16. The number of carbonyl (C=O) groups excluding carboxylic acids is 1. The van der Waals surface area contributed by atoms with Gasteiger partial charge in [0.05, 0.1) is 42.6 Å². The molecule has 0 aromatic heterocycles. The second-order valence-corrected chi connectivity index (χ2v) is 14.8. The first-order valence-corrected chi connectivity index (χ1v) is 18.1. The normalized spacial score (nSPS) is 14.2. The number of aromatic carboxylic acids is 1. The molecule has 276 valence electrons. The lowest BCUT2D eigenvalue weighted by Crippen LogP contribution is -2.43. The van der Waals surface area contributed by atoms with Gasteiger partial charge in [0.25, 0.3) is 0 Å². The molecule has 2 aliphatic rings. The van der Waals surface area contributed by atoms with Crippen LogP contribution in [-0.2, 0) is 27.9 Å². The number of benzene rings is 4. The predicted octanol–water partition coefficient (Wildman–Crippen LogP) is 7.53. The third-order valence-corrected chi connectivity index (χ3v) is 10.9. The van der Waals surface area contributed by atoms with Crippen LogP contribution < -0.4 is 9.64 Å². The Kier molecular flexibility index (Phi) is 10.6. The summed E-state index contributed by atoms with van der Waals surface area (Å²) in [5.41, 5.74) is 1.53. The largest absolute Gasteiger partial charge is 0.492 e. The van der Waals surface area contributed by atoms with Crippen molar-refractivity contribution in [3.63, 3.8) is 0 Å². The Labute approximate surface area is 301 Å². The molecule has 0 saturated heterocycles. The van der Waals surface area contributed by atoms with E-state index in [1.54, 1.807) is 6.92 Å². The van der Waals surface area contributed by atoms with E-state index in [0.29, 0.717) is 21.7 Å². The summed E-state index contributed by atoms with van der Waals surface area (Å²) in [7, 11) is -5.54. The highest BCUT2D eigenvalue weighted by Crippen LogP contribution is 2.46. The molecule has 15 heteroatoms. The summed E-state index contributed by atoms with van der Waals surface area (Å²) in [6, 6.07) is 14.8. The molecule has 0 unspecified atom stereocenters. The zero-order chi connectivity index (χ0) is 38.2. The lowest BCUT2D eigenvalue weighted by atomic mass is 9.99. The molecule has 0 aliphatic heterocycles. The van der Waals surface area contributed by atoms with Gasteiger partial charge in [0.2, 0.25) is 15.9 Å². The number of halogens is 5. The lowest BCUT2D eigenvalue weighted by molar-refractivity contribution is -0.119. The Hall–Kier alpha value is -5.33. The molecule has 2 saturated carbocycles. The number of rotatable bonds is 14. The van der Waals surface area contributed by atoms with E-state index in [4.69, 9.17) is 4.74 Å². The van der Waals surface area contributed by atoms with E-state index in [1.165, 1.54) is 24.3 Å². The molecule has 2 aliphatic carbocycles. The van der Waals surface area contributed by atoms with E-state index in [-0.39, 0.29) is 41.8 Å². The average Bonchev–Trinajstić information content (AvgIpc) is 4.04. The molecule has 6 rings (SSSR count). The SMILES string of the molecule is CCOc1cc(C(=O)O)c(F)cc1N(Cc1cc(C2CC2)cc(C2CC2)c1)C(=O)CN(Cc1ccccc1C#N)S(=O)(=O)c1c(F)cc(F)c(F)c1F. The molecule has 4 aromatic carbocycles. The van der Waals surface area contributed by atoms with Crippen molar-refractivity contribution in [2.24, 2.45) is 0 Å². The summed E-state index contributed by atoms with van der Waals surface area (Å²) < 4.78 is 108. The molecule has 2 fully saturated rings. The summed E-state index contributed by atoms with van der Waals surface area (Å²) in [5.74, 6) is -12.2. The van der Waals surface area contributed by atoms with Gasteiger partial charge in [0.1, 0.15) is 17.4 Å². The van der Waals surface area contributed by atoms with Crippen LogP contribution in [0, 0.1) is 40.4 Å². The van der Waals surface area contributed by atoms with Crippen LogP contribution in [0.25, 0.3) is 0 Å². The highest BCUT2D eigenvalue weighted by atomic mass is 32.2. The van der Waals surface area contributed by atoms with Gasteiger partial charge in [-0.25, -0.2) is 35.2 Å². The highest BCUT2D eigenvalue weighted by Gasteiger charge is 2.38. The maximum absolute atomic E-state index is 15.4. The quantitative estimate of drug-likeness (QED) is 0.0801. The summed E-state index contributed by atoms with van der Waals surface area (Å²) in [6.45, 7) is -0.847. The summed E-state index contributed by atoms with van der Waals surface area (Å²) in [5, 5.41) is 19.3. The maximum atomic E-state index is 15.4. The molecule has 0 atom stereocenters. The minimum Gasteiger partial charge on any atom is -0.492 e. The molecule has 53 heavy (non-hydrogen) atoms. The first kappa shape index (κ1) is 37.4. The summed E-state index contributed by atoms with van der Waals surface area (Å²) in [6.07, 6.45) is 3.84. The van der Waals surface area contributed by atoms with Gasteiger partial charge in [-0.2, -0.15) is 9.57 Å². The van der Waals surface area contributed by atoms with E-state index in [2.05, 4.69) is 6.07 Å². The van der Waals surface area contributed by atoms with Crippen LogP contribution in [0.4, 0.5) is 27.6 Å². The number of sulfonamides is 1. The van der Waals surface area contributed by atoms with Crippen molar-refractivity contribution in [1.29, 1.82) is 5.26 Å². The van der Waals surface area contributed by atoms with Crippen molar-refractivity contribution in [3.05, 3.63) is 123 Å². The predicted molar refractivity (Wildman–Crippen MR) is 181 cm³/mol. The second-order valence-electron chi connectivity index (χ2n) is 12.9. The number of anilines is 1. The van der Waals surface area contributed by atoms with Gasteiger partial charge in [-0.1, -0.05) is 36.4 Å². The van der Waals surface area contributed by atoms with Crippen LogP contribution in [0.1, 0.15) is 82.6 Å². The molecule has 9 nitrogen and oxygen atoms in total. The van der Waals surface area contributed by atoms with Gasteiger partial charge in [-0.3, -0.25) is 4.79 Å². The maximum Gasteiger partial charge on any atom is 0.338 e. The van der Waals surface area contributed by atoms with Gasteiger partial charge >= 0.3 is 5.97 Å². The Bertz CT molecular complexity index is 2240. The summed E-state index contributed by atoms with van der Waals surface area (Å²) >= 11 is 0. The first-order valence-electron chi connectivity index (χ1n) is 16.7. The Morgan fingerprint density at radius 3 is 2.09 bits per heavy atom. The van der Waals surface area contributed by atoms with Crippen molar-refractivity contribution >= 4 is 27.6 Å². The molecule has 0 heterocycles. The van der Waals surface area contributed by atoms with Crippen molar-refractivity contribution in [2.45, 2.75) is 62.4 Å². The third-order valence-electron chi connectivity index (χ3n) is 9.11. The standard InChI is InChI=1S/C38H32F5N3O6S/c1-2-52-33-14-28(38(48)49)29(39)16-32(33)46(18-21-11-26(22-7-8-22)13-27(12-21)23-9-10-23)34(47)20-45(19-25-6-4-3-5-24(25)17-44)53(50,51)37-31(41)15-30(40)35(42)36(37)43/h3-6,11-16,22-23H,2,7-10,18-20H2,1H3,(H,48,49). The topological polar surface area (TPSA) is 128 Å². The van der Waals surface area contributed by atoms with Gasteiger partial charge in [-0.05, 0) is 78.8 Å². The first-order chi connectivity index (χ1) is 25.2. The number of amides is 1. The zero-order valence-corrected chi connectivity index (χ0v) is 29.0. The number of carbonyl (C=O) groups is 2. The minimum absolute atomic E-state index is 0.000560. The third kappa shape index (κ3) is 7.89. The van der Waals surface area contributed by atoms with E-state index in [0.717, 1.165) is 53.8 Å². The van der Waals surface area contributed by atoms with E-state index >= 15 is 13.2 Å². The van der Waals surface area contributed by atoms with E-state index < -0.39 is 74.5 Å². The number of ether oxygens (including phenoxy) is 1. The van der Waals surface area contributed by atoms with Gasteiger partial charge in [-0.15, -0.1) is 0 Å². The van der Waals surface area contributed by atoms with Gasteiger partial charge < -0.3 is 14.7 Å². The number of hydrogen-bond donors (Lipinski definition) is 1. The monoisotopic (exact) mass is 753 g/mol. The molecule has 0 bridgehead atoms. The van der Waals surface area contributed by atoms with Gasteiger partial charge in [0.15, 0.2) is 22.3 Å². The van der Waals surface area contributed by atoms with Crippen LogP contribution in [-0.4, -0.2) is 42.9 Å². The van der Waals surface area contributed by atoms with Crippen LogP contribution in [0.5, 0.6) is 5.75 Å². The van der Waals surface area contributed by atoms with Crippen molar-refractivity contribution in [2.75, 3.05) is 18.1 Å². The molecule has 0 radical (unpaired) electrons. The zero-order valence-electron chi connectivity index (χ0n) is 28.2. The van der Waals surface area contributed by atoms with Crippen molar-refractivity contribution in [1.82, 2.24) is 4.31 Å². The smallest absolute Gasteiger partial charge is 0.338 e. The number of nitriles is 1. The summed E-state index contributed by atoms with van der Waals surface area (Å²) in [4.78, 5) is 25.5. The van der Waals surface area contributed by atoms with Crippen LogP contribution in [0.15, 0.2) is 65.6 Å².